The molecule has 31 heavy (non-hydrogen) atoms. The van der Waals surface area contributed by atoms with Crippen LogP contribution in [0.15, 0.2) is 29.4 Å². The molecule has 2 atom stereocenters. The third kappa shape index (κ3) is 7.02. The Labute approximate surface area is 200 Å². The van der Waals surface area contributed by atoms with E-state index < -0.39 is 10.0 Å². The lowest BCUT2D eigenvalue weighted by molar-refractivity contribution is -0.0440. The minimum atomic E-state index is -3.37. The maximum Gasteiger partial charge on any atom is 0.216 e. The Balaban J connectivity index is 0.00000341. The first kappa shape index (κ1) is 25.8. The monoisotopic (exact) mass is 567 g/mol. The van der Waals surface area contributed by atoms with Gasteiger partial charge < -0.3 is 20.4 Å². The van der Waals surface area contributed by atoms with Gasteiger partial charge in [0.25, 0.3) is 0 Å². The van der Waals surface area contributed by atoms with Gasteiger partial charge in [0.05, 0.1) is 18.0 Å². The number of H-pyrrole nitrogens is 1. The second-order valence-electron chi connectivity index (χ2n) is 7.57. The van der Waals surface area contributed by atoms with Crippen molar-refractivity contribution in [1.82, 2.24) is 19.9 Å². The van der Waals surface area contributed by atoms with Gasteiger partial charge in [-0.25, -0.2) is 12.8 Å². The van der Waals surface area contributed by atoms with Crippen molar-refractivity contribution in [2.24, 2.45) is 4.99 Å². The lowest BCUT2D eigenvalue weighted by atomic mass is 10.1. The number of aromatic nitrogens is 1. The molecule has 0 saturated carbocycles. The molecule has 1 aromatic carbocycles. The highest BCUT2D eigenvalue weighted by atomic mass is 127. The van der Waals surface area contributed by atoms with Crippen molar-refractivity contribution in [3.05, 3.63) is 35.8 Å². The molecule has 0 spiro atoms. The molecular weight excluding hydrogens is 536 g/mol. The third-order valence-corrected chi connectivity index (χ3v) is 6.88. The van der Waals surface area contributed by atoms with Gasteiger partial charge in [-0.1, -0.05) is 0 Å². The van der Waals surface area contributed by atoms with Crippen LogP contribution < -0.4 is 10.6 Å². The first-order valence-electron chi connectivity index (χ1n) is 10.1. The van der Waals surface area contributed by atoms with Crippen molar-refractivity contribution in [2.75, 3.05) is 39.0 Å². The summed E-state index contributed by atoms with van der Waals surface area (Å²) in [5.74, 6) is 0.244. The fourth-order valence-electron chi connectivity index (χ4n) is 3.68. The number of rotatable bonds is 7. The van der Waals surface area contributed by atoms with E-state index in [1.165, 1.54) is 16.4 Å². The quantitative estimate of drug-likeness (QED) is 0.271. The fraction of sp³-hybridized carbons (Fsp3) is 0.550. The molecule has 1 saturated heterocycles. The molecule has 3 N–H and O–H groups in total. The highest BCUT2D eigenvalue weighted by Gasteiger charge is 2.30. The summed E-state index contributed by atoms with van der Waals surface area (Å²) in [6, 6.07) is 4.67. The molecule has 3 rings (SSSR count). The number of ether oxygens (including phenoxy) is 1. The zero-order chi connectivity index (χ0) is 21.7. The first-order valence-corrected chi connectivity index (χ1v) is 11.7. The van der Waals surface area contributed by atoms with E-state index in [0.717, 1.165) is 16.5 Å². The molecule has 0 amide bonds. The van der Waals surface area contributed by atoms with Gasteiger partial charge in [-0.15, -0.1) is 24.0 Å². The predicted octanol–water partition coefficient (Wildman–Crippen LogP) is 2.07. The van der Waals surface area contributed by atoms with Crippen LogP contribution in [-0.2, 0) is 21.2 Å². The summed E-state index contributed by atoms with van der Waals surface area (Å²) < 4.78 is 45.8. The fourth-order valence-corrected chi connectivity index (χ4v) is 5.17. The van der Waals surface area contributed by atoms with E-state index in [1.807, 2.05) is 20.0 Å². The van der Waals surface area contributed by atoms with Crippen molar-refractivity contribution in [3.63, 3.8) is 0 Å². The molecule has 2 unspecified atom stereocenters. The second kappa shape index (κ2) is 11.4. The van der Waals surface area contributed by atoms with Crippen LogP contribution in [0.3, 0.4) is 0 Å². The number of nitrogens with zero attached hydrogens (tertiary/aromatic N) is 2. The van der Waals surface area contributed by atoms with Crippen molar-refractivity contribution in [1.29, 1.82) is 0 Å². The average molecular weight is 567 g/mol. The Morgan fingerprint density at radius 2 is 1.94 bits per heavy atom. The molecule has 174 valence electrons. The number of nitrogens with one attached hydrogen (secondary N) is 3. The SMILES string of the molecule is CN=C(NCCc1c[nH]c2ccc(F)cc12)NCCS(=O)(=O)N1CC(C)OC(C)C1.I. The topological polar surface area (TPSA) is 98.8 Å². The van der Waals surface area contributed by atoms with Gasteiger partial charge in [-0.2, -0.15) is 4.31 Å². The summed E-state index contributed by atoms with van der Waals surface area (Å²) in [5.41, 5.74) is 1.90. The minimum absolute atomic E-state index is 0. The summed E-state index contributed by atoms with van der Waals surface area (Å²) in [6.07, 6.45) is 2.33. The number of guanidine groups is 1. The minimum Gasteiger partial charge on any atom is -0.373 e. The molecular formula is C20H31FIN5O3S. The van der Waals surface area contributed by atoms with Gasteiger partial charge in [0.2, 0.25) is 10.0 Å². The molecule has 0 radical (unpaired) electrons. The number of hydrogen-bond acceptors (Lipinski definition) is 4. The Morgan fingerprint density at radius 1 is 1.26 bits per heavy atom. The highest BCUT2D eigenvalue weighted by Crippen LogP contribution is 2.19. The smallest absolute Gasteiger partial charge is 0.216 e. The van der Waals surface area contributed by atoms with E-state index in [-0.39, 0.29) is 54.3 Å². The van der Waals surface area contributed by atoms with E-state index in [4.69, 9.17) is 4.74 Å². The largest absolute Gasteiger partial charge is 0.373 e. The van der Waals surface area contributed by atoms with Crippen molar-refractivity contribution in [3.8, 4) is 0 Å². The number of benzene rings is 1. The Hall–Kier alpha value is -1.44. The van der Waals surface area contributed by atoms with Gasteiger partial charge in [-0.3, -0.25) is 4.99 Å². The molecule has 2 aromatic rings. The number of hydrogen-bond donors (Lipinski definition) is 3. The van der Waals surface area contributed by atoms with Gasteiger partial charge in [-0.05, 0) is 44.0 Å². The number of morpholine rings is 1. The average Bonchev–Trinajstić information content (AvgIpc) is 3.08. The number of halogens is 2. The molecule has 1 fully saturated rings. The molecule has 0 bridgehead atoms. The summed E-state index contributed by atoms with van der Waals surface area (Å²) in [4.78, 5) is 7.27. The zero-order valence-corrected chi connectivity index (χ0v) is 21.2. The number of aliphatic imine (C=N–C) groups is 1. The van der Waals surface area contributed by atoms with Crippen LogP contribution in [0.4, 0.5) is 4.39 Å². The normalized spacial score (nSPS) is 20.5. The van der Waals surface area contributed by atoms with Gasteiger partial charge in [0.15, 0.2) is 5.96 Å². The maximum absolute atomic E-state index is 13.5. The summed E-state index contributed by atoms with van der Waals surface area (Å²) in [7, 11) is -1.73. The van der Waals surface area contributed by atoms with Gasteiger partial charge >= 0.3 is 0 Å². The molecule has 0 aliphatic carbocycles. The number of fused-ring (bicyclic) bond motifs is 1. The van der Waals surface area contributed by atoms with E-state index in [2.05, 4.69) is 20.6 Å². The number of sulfonamides is 1. The first-order chi connectivity index (χ1) is 14.3. The predicted molar refractivity (Wildman–Crippen MR) is 132 cm³/mol. The summed E-state index contributed by atoms with van der Waals surface area (Å²) in [6.45, 7) is 5.35. The van der Waals surface area contributed by atoms with Crippen molar-refractivity contribution in [2.45, 2.75) is 32.5 Å². The third-order valence-electron chi connectivity index (χ3n) is 5.07. The van der Waals surface area contributed by atoms with Crippen molar-refractivity contribution >= 4 is 50.9 Å². The number of aromatic amines is 1. The second-order valence-corrected chi connectivity index (χ2v) is 9.66. The standard InChI is InChI=1S/C20H30FN5O3S.HI/c1-14-12-26(13-15(2)29-14)30(27,28)9-8-24-20(22-3)23-7-6-16-11-25-19-5-4-17(21)10-18(16)19;/h4-5,10-11,14-15,25H,6-9,12-13H2,1-3H3,(H2,22,23,24);1H. The molecule has 8 nitrogen and oxygen atoms in total. The lowest BCUT2D eigenvalue weighted by Crippen LogP contribution is -2.50. The van der Waals surface area contributed by atoms with Crippen LogP contribution in [0.5, 0.6) is 0 Å². The van der Waals surface area contributed by atoms with Crippen LogP contribution in [0.1, 0.15) is 19.4 Å². The maximum atomic E-state index is 13.5. The lowest BCUT2D eigenvalue weighted by Gasteiger charge is -2.34. The molecule has 1 aromatic heterocycles. The molecule has 1 aliphatic heterocycles. The zero-order valence-electron chi connectivity index (χ0n) is 18.0. The van der Waals surface area contributed by atoms with Crippen LogP contribution in [-0.4, -0.2) is 74.9 Å². The van der Waals surface area contributed by atoms with Crippen LogP contribution in [0.2, 0.25) is 0 Å². The van der Waals surface area contributed by atoms with Gasteiger partial charge in [0.1, 0.15) is 5.82 Å². The van der Waals surface area contributed by atoms with Gasteiger partial charge in [0, 0.05) is 50.3 Å². The molecule has 2 heterocycles. The molecule has 1 aliphatic rings. The van der Waals surface area contributed by atoms with E-state index in [0.29, 0.717) is 32.0 Å². The van der Waals surface area contributed by atoms with Crippen molar-refractivity contribution < 1.29 is 17.5 Å². The molecule has 11 heteroatoms. The van der Waals surface area contributed by atoms with Crippen LogP contribution in [0, 0.1) is 5.82 Å². The van der Waals surface area contributed by atoms with E-state index >= 15 is 0 Å². The van der Waals surface area contributed by atoms with E-state index in [1.54, 1.807) is 13.1 Å². The highest BCUT2D eigenvalue weighted by molar-refractivity contribution is 14.0. The Morgan fingerprint density at radius 3 is 2.61 bits per heavy atom. The Kier molecular flexibility index (Phi) is 9.52. The van der Waals surface area contributed by atoms with Crippen LogP contribution >= 0.6 is 24.0 Å². The van der Waals surface area contributed by atoms with Crippen LogP contribution in [0.25, 0.3) is 10.9 Å². The Bertz CT molecular complexity index is 988. The summed E-state index contributed by atoms with van der Waals surface area (Å²) >= 11 is 0. The summed E-state index contributed by atoms with van der Waals surface area (Å²) in [5, 5.41) is 7.08. The van der Waals surface area contributed by atoms with E-state index in [9.17, 15) is 12.8 Å².